The van der Waals surface area contributed by atoms with Crippen molar-refractivity contribution < 1.29 is 9.90 Å². The van der Waals surface area contributed by atoms with Crippen LogP contribution >= 0.6 is 15.9 Å². The van der Waals surface area contributed by atoms with Crippen molar-refractivity contribution in [2.24, 2.45) is 0 Å². The number of aryl methyl sites for hydroxylation is 1. The number of aromatic nitrogens is 3. The molecule has 1 unspecified atom stereocenters. The lowest BCUT2D eigenvalue weighted by Gasteiger charge is -2.18. The van der Waals surface area contributed by atoms with Gasteiger partial charge in [-0.05, 0) is 67.7 Å². The van der Waals surface area contributed by atoms with Crippen molar-refractivity contribution in [3.05, 3.63) is 46.3 Å². The summed E-state index contributed by atoms with van der Waals surface area (Å²) in [6, 6.07) is 5.91. The fraction of sp³-hybridized carbons (Fsp3) is 0.409. The Morgan fingerprint density at radius 3 is 2.73 bits per heavy atom. The van der Waals surface area contributed by atoms with E-state index < -0.39 is 5.60 Å². The Bertz CT molecular complexity index is 1070. The summed E-state index contributed by atoms with van der Waals surface area (Å²) in [4.78, 5) is 21.5. The van der Waals surface area contributed by atoms with Crippen LogP contribution in [-0.4, -0.2) is 43.6 Å². The van der Waals surface area contributed by atoms with Crippen LogP contribution in [0.1, 0.15) is 50.0 Å². The predicted octanol–water partition coefficient (Wildman–Crippen LogP) is 4.18. The van der Waals surface area contributed by atoms with E-state index in [0.717, 1.165) is 23.2 Å². The lowest BCUT2D eigenvalue weighted by molar-refractivity contribution is 0.0933. The van der Waals surface area contributed by atoms with Gasteiger partial charge in [-0.15, -0.1) is 0 Å². The van der Waals surface area contributed by atoms with Gasteiger partial charge >= 0.3 is 0 Å². The van der Waals surface area contributed by atoms with Gasteiger partial charge in [0, 0.05) is 29.9 Å². The molecule has 0 fully saturated rings. The van der Waals surface area contributed by atoms with Crippen LogP contribution in [0, 0.1) is 6.92 Å². The predicted molar refractivity (Wildman–Crippen MR) is 123 cm³/mol. The van der Waals surface area contributed by atoms with Gasteiger partial charge in [0.2, 0.25) is 0 Å². The Balaban J connectivity index is 1.96. The smallest absolute Gasteiger partial charge is 0.251 e. The van der Waals surface area contributed by atoms with Crippen LogP contribution in [0.3, 0.4) is 0 Å². The van der Waals surface area contributed by atoms with Crippen LogP contribution in [0.15, 0.2) is 35.2 Å². The summed E-state index contributed by atoms with van der Waals surface area (Å²) >= 11 is 3.45. The molecule has 160 valence electrons. The molecule has 3 N–H and O–H groups in total. The Labute approximate surface area is 185 Å². The molecule has 8 heteroatoms. The third kappa shape index (κ3) is 4.99. The van der Waals surface area contributed by atoms with E-state index in [9.17, 15) is 9.90 Å². The molecule has 0 aliphatic rings. The van der Waals surface area contributed by atoms with E-state index in [1.165, 1.54) is 0 Å². The second-order valence-corrected chi connectivity index (χ2v) is 9.04. The third-order valence-corrected chi connectivity index (χ3v) is 5.29. The van der Waals surface area contributed by atoms with Crippen molar-refractivity contribution in [2.75, 3.05) is 11.9 Å². The first-order valence-electron chi connectivity index (χ1n) is 10.0. The van der Waals surface area contributed by atoms with Crippen molar-refractivity contribution in [3.8, 4) is 11.3 Å². The molecule has 1 atom stereocenters. The van der Waals surface area contributed by atoms with Crippen molar-refractivity contribution in [1.82, 2.24) is 19.7 Å². The number of benzene rings is 1. The summed E-state index contributed by atoms with van der Waals surface area (Å²) in [5.74, 6) is 0.524. The number of aliphatic hydroxyl groups is 1. The molecule has 3 aromatic rings. The minimum Gasteiger partial charge on any atom is -0.389 e. The average molecular weight is 474 g/mol. The van der Waals surface area contributed by atoms with Gasteiger partial charge in [0.05, 0.1) is 17.5 Å². The Morgan fingerprint density at radius 2 is 2.10 bits per heavy atom. The summed E-state index contributed by atoms with van der Waals surface area (Å²) < 4.78 is 2.59. The first kappa shape index (κ1) is 22.2. The van der Waals surface area contributed by atoms with Gasteiger partial charge < -0.3 is 15.7 Å². The topological polar surface area (TPSA) is 91.5 Å². The SMILES string of the molecule is CCC(C)NC(=O)c1ccc(-c2cnc3c(NCC(C)(C)O)nc(Br)cn23)cc1C. The normalized spacial score (nSPS) is 12.8. The van der Waals surface area contributed by atoms with Gasteiger partial charge in [-0.1, -0.05) is 13.0 Å². The third-order valence-electron chi connectivity index (χ3n) is 4.91. The monoisotopic (exact) mass is 473 g/mol. The summed E-state index contributed by atoms with van der Waals surface area (Å²) in [6.07, 6.45) is 4.52. The summed E-state index contributed by atoms with van der Waals surface area (Å²) in [5, 5.41) is 16.2. The molecule has 0 aliphatic carbocycles. The van der Waals surface area contributed by atoms with Crippen LogP contribution in [0.2, 0.25) is 0 Å². The summed E-state index contributed by atoms with van der Waals surface area (Å²) in [6.45, 7) is 9.78. The highest BCUT2D eigenvalue weighted by atomic mass is 79.9. The number of rotatable bonds is 7. The maximum Gasteiger partial charge on any atom is 0.251 e. The Hall–Kier alpha value is -2.45. The number of imidazole rings is 1. The van der Waals surface area contributed by atoms with Crippen molar-refractivity contribution in [3.63, 3.8) is 0 Å². The quantitative estimate of drug-likeness (QED) is 0.478. The molecule has 0 aliphatic heterocycles. The number of hydrogen-bond acceptors (Lipinski definition) is 5. The van der Waals surface area contributed by atoms with Gasteiger partial charge in [-0.2, -0.15) is 0 Å². The van der Waals surface area contributed by atoms with Gasteiger partial charge in [-0.3, -0.25) is 9.20 Å². The number of amides is 1. The number of hydrogen-bond donors (Lipinski definition) is 3. The van der Waals surface area contributed by atoms with E-state index in [-0.39, 0.29) is 11.9 Å². The fourth-order valence-corrected chi connectivity index (χ4v) is 3.45. The van der Waals surface area contributed by atoms with Gasteiger partial charge in [-0.25, -0.2) is 9.97 Å². The zero-order valence-electron chi connectivity index (χ0n) is 18.0. The number of carbonyl (C=O) groups is 1. The van der Waals surface area contributed by atoms with Crippen LogP contribution in [0.25, 0.3) is 16.9 Å². The van der Waals surface area contributed by atoms with Gasteiger partial charge in [0.1, 0.15) is 4.60 Å². The lowest BCUT2D eigenvalue weighted by atomic mass is 10.0. The molecule has 2 aromatic heterocycles. The average Bonchev–Trinajstić information content (AvgIpc) is 3.08. The largest absolute Gasteiger partial charge is 0.389 e. The molecule has 3 rings (SSSR count). The zero-order chi connectivity index (χ0) is 22.1. The summed E-state index contributed by atoms with van der Waals surface area (Å²) in [7, 11) is 0. The highest BCUT2D eigenvalue weighted by molar-refractivity contribution is 9.10. The molecule has 0 radical (unpaired) electrons. The van der Waals surface area contributed by atoms with Crippen LogP contribution in [0.4, 0.5) is 5.82 Å². The van der Waals surface area contributed by atoms with E-state index in [1.54, 1.807) is 20.0 Å². The van der Waals surface area contributed by atoms with Crippen LogP contribution < -0.4 is 10.6 Å². The number of halogens is 1. The standard InChI is InChI=1S/C22H28BrN5O2/c1-6-14(3)26-21(29)16-8-7-15(9-13(16)2)17-10-24-20-19(25-12-22(4,5)30)27-18(23)11-28(17)20/h7-11,14,30H,6,12H2,1-5H3,(H,25,27)(H,26,29). The molecule has 0 saturated carbocycles. The molecular weight excluding hydrogens is 446 g/mol. The van der Waals surface area contributed by atoms with Crippen LogP contribution in [-0.2, 0) is 0 Å². The van der Waals surface area contributed by atoms with Gasteiger partial charge in [0.25, 0.3) is 5.91 Å². The first-order chi connectivity index (χ1) is 14.1. The molecule has 30 heavy (non-hydrogen) atoms. The van der Waals surface area contributed by atoms with E-state index in [0.29, 0.717) is 28.2 Å². The maximum atomic E-state index is 12.5. The number of nitrogens with one attached hydrogen (secondary N) is 2. The second-order valence-electron chi connectivity index (χ2n) is 8.23. The highest BCUT2D eigenvalue weighted by Gasteiger charge is 2.17. The minimum atomic E-state index is -0.876. The molecule has 7 nitrogen and oxygen atoms in total. The second kappa shape index (κ2) is 8.73. The molecule has 0 saturated heterocycles. The number of carbonyl (C=O) groups excluding carboxylic acids is 1. The first-order valence-corrected chi connectivity index (χ1v) is 10.8. The van der Waals surface area contributed by atoms with Crippen molar-refractivity contribution in [2.45, 2.75) is 52.7 Å². The molecule has 0 bridgehead atoms. The van der Waals surface area contributed by atoms with Crippen molar-refractivity contribution >= 4 is 33.3 Å². The fourth-order valence-electron chi connectivity index (χ4n) is 3.07. The number of nitrogens with zero attached hydrogens (tertiary/aromatic N) is 3. The molecule has 2 heterocycles. The van der Waals surface area contributed by atoms with E-state index in [1.807, 2.05) is 49.6 Å². The Kier molecular flexibility index (Phi) is 6.47. The Morgan fingerprint density at radius 1 is 1.37 bits per heavy atom. The minimum absolute atomic E-state index is 0.0587. The lowest BCUT2D eigenvalue weighted by Crippen LogP contribution is -2.32. The molecular formula is C22H28BrN5O2. The zero-order valence-corrected chi connectivity index (χ0v) is 19.5. The van der Waals surface area contributed by atoms with Crippen molar-refractivity contribution in [1.29, 1.82) is 0 Å². The van der Waals surface area contributed by atoms with E-state index in [2.05, 4.69) is 36.5 Å². The number of fused-ring (bicyclic) bond motifs is 1. The van der Waals surface area contributed by atoms with E-state index in [4.69, 9.17) is 0 Å². The van der Waals surface area contributed by atoms with Crippen LogP contribution in [0.5, 0.6) is 0 Å². The summed E-state index contributed by atoms with van der Waals surface area (Å²) in [5.41, 5.74) is 3.19. The molecule has 0 spiro atoms. The molecule has 1 aromatic carbocycles. The van der Waals surface area contributed by atoms with Gasteiger partial charge in [0.15, 0.2) is 11.5 Å². The molecule has 1 amide bonds. The maximum absolute atomic E-state index is 12.5. The number of anilines is 1. The highest BCUT2D eigenvalue weighted by Crippen LogP contribution is 2.27. The van der Waals surface area contributed by atoms with E-state index >= 15 is 0 Å².